The molecule has 1 heterocycles. The summed E-state index contributed by atoms with van der Waals surface area (Å²) >= 11 is 0. The Morgan fingerprint density at radius 2 is 2.04 bits per heavy atom. The summed E-state index contributed by atoms with van der Waals surface area (Å²) in [6.07, 6.45) is 0.173. The van der Waals surface area contributed by atoms with Gasteiger partial charge in [0.05, 0.1) is 6.04 Å². The number of oxime groups is 1. The van der Waals surface area contributed by atoms with Gasteiger partial charge in [-0.05, 0) is 37.7 Å². The fourth-order valence-electron chi connectivity index (χ4n) is 2.24. The number of carbonyl (C=O) groups is 2. The monoisotopic (exact) mass is 319 g/mol. The Kier molecular flexibility index (Phi) is 5.17. The largest absolute Gasteiger partial charge is 0.435 e. The van der Waals surface area contributed by atoms with Crippen LogP contribution in [-0.4, -0.2) is 56.5 Å². The zero-order valence-electron chi connectivity index (χ0n) is 13.4. The molecule has 1 aromatic carbocycles. The number of nitrogens with one attached hydrogen (secondary N) is 1. The van der Waals surface area contributed by atoms with Crippen LogP contribution in [0.2, 0.25) is 0 Å². The van der Waals surface area contributed by atoms with E-state index in [1.807, 2.05) is 0 Å². The first-order valence-corrected chi connectivity index (χ1v) is 7.25. The van der Waals surface area contributed by atoms with Gasteiger partial charge in [0.1, 0.15) is 0 Å². The number of hydrogen-bond acceptors (Lipinski definition) is 5. The molecule has 1 atom stereocenters. The predicted octanol–water partition coefficient (Wildman–Crippen LogP) is 0.330. The van der Waals surface area contributed by atoms with Gasteiger partial charge in [0.2, 0.25) is 5.91 Å². The fourth-order valence-corrected chi connectivity index (χ4v) is 2.24. The van der Waals surface area contributed by atoms with Crippen molar-refractivity contribution in [1.29, 1.82) is 0 Å². The second-order valence-electron chi connectivity index (χ2n) is 5.39. The number of amidine groups is 1. The maximum Gasteiger partial charge on any atom is 0.435 e. The van der Waals surface area contributed by atoms with Crippen molar-refractivity contribution in [3.8, 4) is 0 Å². The van der Waals surface area contributed by atoms with E-state index in [9.17, 15) is 9.59 Å². The summed E-state index contributed by atoms with van der Waals surface area (Å²) in [7, 11) is 4.88. The van der Waals surface area contributed by atoms with Crippen molar-refractivity contribution in [2.45, 2.75) is 12.5 Å². The van der Waals surface area contributed by atoms with Gasteiger partial charge in [-0.1, -0.05) is 5.16 Å². The number of likely N-dealkylation sites (N-methyl/N-ethyl adjacent to an activating group) is 1. The Hall–Kier alpha value is -2.61. The van der Waals surface area contributed by atoms with E-state index in [-0.39, 0.29) is 17.8 Å². The number of rotatable bonds is 4. The third-order valence-electron chi connectivity index (χ3n) is 3.62. The van der Waals surface area contributed by atoms with Crippen LogP contribution in [-0.2, 0) is 9.63 Å². The van der Waals surface area contributed by atoms with Gasteiger partial charge in [-0.2, -0.15) is 0 Å². The van der Waals surface area contributed by atoms with Gasteiger partial charge in [-0.25, -0.2) is 4.79 Å². The number of nitrogens with two attached hydrogens (primary N) is 1. The van der Waals surface area contributed by atoms with Crippen molar-refractivity contribution in [2.24, 2.45) is 10.9 Å². The number of nitrogens with zero attached hydrogens (tertiary/aromatic N) is 3. The van der Waals surface area contributed by atoms with Crippen molar-refractivity contribution in [3.05, 3.63) is 29.8 Å². The Balaban J connectivity index is 2.06. The second kappa shape index (κ2) is 7.10. The molecule has 2 amide bonds. The predicted molar refractivity (Wildman–Crippen MR) is 87.2 cm³/mol. The third kappa shape index (κ3) is 3.78. The average molecular weight is 319 g/mol. The van der Waals surface area contributed by atoms with E-state index < -0.39 is 6.09 Å². The molecule has 1 fully saturated rings. The molecule has 1 aromatic rings. The first kappa shape index (κ1) is 16.8. The molecule has 0 unspecified atom stereocenters. The molecule has 1 aliphatic heterocycles. The maximum atomic E-state index is 12.1. The average Bonchev–Trinajstić information content (AvgIpc) is 2.93. The molecule has 0 aromatic heterocycles. The topological polar surface area (TPSA) is 100 Å². The summed E-state index contributed by atoms with van der Waals surface area (Å²) < 4.78 is 0. The molecule has 0 bridgehead atoms. The standard InChI is InChI=1S/C15H21N5O3/c1-17-12-8-9-20(14(12)21)11-6-4-10(5-7-11)13(16)18-23-15(22)19(2)3/h4-7,12,17H,8-9H2,1-3H3,(H2,16,18)/t12-/m0/s1. The van der Waals surface area contributed by atoms with Crippen molar-refractivity contribution >= 4 is 23.5 Å². The highest BCUT2D eigenvalue weighted by molar-refractivity contribution is 6.01. The molecule has 0 spiro atoms. The van der Waals surface area contributed by atoms with Crippen molar-refractivity contribution in [3.63, 3.8) is 0 Å². The molecule has 1 aliphatic rings. The second-order valence-corrected chi connectivity index (χ2v) is 5.39. The van der Waals surface area contributed by atoms with Crippen LogP contribution in [0.1, 0.15) is 12.0 Å². The van der Waals surface area contributed by atoms with Gasteiger partial charge in [0.15, 0.2) is 5.84 Å². The minimum Gasteiger partial charge on any atom is -0.380 e. The lowest BCUT2D eigenvalue weighted by atomic mass is 10.2. The summed E-state index contributed by atoms with van der Waals surface area (Å²) in [6, 6.07) is 6.92. The van der Waals surface area contributed by atoms with E-state index >= 15 is 0 Å². The third-order valence-corrected chi connectivity index (χ3v) is 3.62. The number of carbonyl (C=O) groups excluding carboxylic acids is 2. The van der Waals surface area contributed by atoms with Crippen LogP contribution in [0.4, 0.5) is 10.5 Å². The summed E-state index contributed by atoms with van der Waals surface area (Å²) in [5, 5.41) is 6.59. The summed E-state index contributed by atoms with van der Waals surface area (Å²) in [6.45, 7) is 0.674. The Labute approximate surface area is 134 Å². The quantitative estimate of drug-likeness (QED) is 0.360. The van der Waals surface area contributed by atoms with Gasteiger partial charge in [0.25, 0.3) is 0 Å². The minimum absolute atomic E-state index is 0.0572. The van der Waals surface area contributed by atoms with E-state index in [1.54, 1.807) is 50.3 Å². The van der Waals surface area contributed by atoms with E-state index in [4.69, 9.17) is 5.73 Å². The summed E-state index contributed by atoms with van der Waals surface area (Å²) in [4.78, 5) is 31.1. The minimum atomic E-state index is -0.606. The van der Waals surface area contributed by atoms with Crippen LogP contribution >= 0.6 is 0 Å². The van der Waals surface area contributed by atoms with Gasteiger partial charge in [0, 0.05) is 31.9 Å². The van der Waals surface area contributed by atoms with Crippen LogP contribution in [0.3, 0.4) is 0 Å². The highest BCUT2D eigenvalue weighted by Crippen LogP contribution is 2.21. The molecule has 0 radical (unpaired) electrons. The van der Waals surface area contributed by atoms with Crippen molar-refractivity contribution < 1.29 is 14.4 Å². The van der Waals surface area contributed by atoms with E-state index in [2.05, 4.69) is 15.3 Å². The molecule has 23 heavy (non-hydrogen) atoms. The SMILES string of the molecule is CN[C@H]1CCN(c2ccc(C(N)=NOC(=O)N(C)C)cc2)C1=O. The van der Waals surface area contributed by atoms with Crippen molar-refractivity contribution in [1.82, 2.24) is 10.2 Å². The lowest BCUT2D eigenvalue weighted by molar-refractivity contribution is -0.118. The lowest BCUT2D eigenvalue weighted by Gasteiger charge is -2.17. The first-order valence-electron chi connectivity index (χ1n) is 7.25. The molecular formula is C15H21N5O3. The van der Waals surface area contributed by atoms with Gasteiger partial charge < -0.3 is 20.9 Å². The molecule has 2 rings (SSSR count). The van der Waals surface area contributed by atoms with E-state index in [1.165, 1.54) is 4.90 Å². The zero-order valence-corrected chi connectivity index (χ0v) is 13.4. The van der Waals surface area contributed by atoms with E-state index in [0.29, 0.717) is 12.1 Å². The maximum absolute atomic E-state index is 12.1. The zero-order chi connectivity index (χ0) is 17.0. The molecule has 124 valence electrons. The van der Waals surface area contributed by atoms with Gasteiger partial charge >= 0.3 is 6.09 Å². The normalized spacial score (nSPS) is 18.2. The Morgan fingerprint density at radius 1 is 1.39 bits per heavy atom. The highest BCUT2D eigenvalue weighted by atomic mass is 16.7. The van der Waals surface area contributed by atoms with Crippen molar-refractivity contribution in [2.75, 3.05) is 32.6 Å². The fraction of sp³-hybridized carbons (Fsp3) is 0.400. The molecule has 3 N–H and O–H groups in total. The van der Waals surface area contributed by atoms with Crippen LogP contribution in [0.5, 0.6) is 0 Å². The van der Waals surface area contributed by atoms with Crippen LogP contribution < -0.4 is 16.0 Å². The summed E-state index contributed by atoms with van der Waals surface area (Å²) in [5.41, 5.74) is 7.19. The van der Waals surface area contributed by atoms with Gasteiger partial charge in [-0.3, -0.25) is 9.63 Å². The summed E-state index contributed by atoms with van der Waals surface area (Å²) in [5.74, 6) is 0.148. The molecule has 0 saturated carbocycles. The Bertz CT molecular complexity index is 612. The van der Waals surface area contributed by atoms with E-state index in [0.717, 1.165) is 12.1 Å². The number of amides is 2. The molecule has 1 saturated heterocycles. The molecular weight excluding hydrogens is 298 g/mol. The number of hydrogen-bond donors (Lipinski definition) is 2. The molecule has 0 aliphatic carbocycles. The van der Waals surface area contributed by atoms with Crippen LogP contribution in [0.25, 0.3) is 0 Å². The smallest absolute Gasteiger partial charge is 0.380 e. The van der Waals surface area contributed by atoms with Crippen LogP contribution in [0.15, 0.2) is 29.4 Å². The Morgan fingerprint density at radius 3 is 2.57 bits per heavy atom. The van der Waals surface area contributed by atoms with Gasteiger partial charge in [-0.15, -0.1) is 0 Å². The lowest BCUT2D eigenvalue weighted by Crippen LogP contribution is -2.36. The van der Waals surface area contributed by atoms with Crippen LogP contribution in [0, 0.1) is 0 Å². The number of benzene rings is 1. The molecule has 8 heteroatoms. The molecule has 8 nitrogen and oxygen atoms in total. The number of anilines is 1. The first-order chi connectivity index (χ1) is 10.9. The highest BCUT2D eigenvalue weighted by Gasteiger charge is 2.31.